The zero-order valence-corrected chi connectivity index (χ0v) is 10.9. The predicted molar refractivity (Wildman–Crippen MR) is 67.6 cm³/mol. The molecular weight excluding hydrogens is 279 g/mol. The van der Waals surface area contributed by atoms with Crippen molar-refractivity contribution >= 4 is 16.5 Å². The third-order valence-electron chi connectivity index (χ3n) is 2.85. The summed E-state index contributed by atoms with van der Waals surface area (Å²) in [6.45, 7) is 0. The molecular formula is C12H14F3NO2S. The molecule has 1 aromatic carbocycles. The first-order chi connectivity index (χ1) is 8.92. The topological polar surface area (TPSA) is 38.3 Å². The molecule has 1 fully saturated rings. The van der Waals surface area contributed by atoms with Crippen molar-refractivity contribution in [3.8, 4) is 5.75 Å². The van der Waals surface area contributed by atoms with E-state index < -0.39 is 17.2 Å². The fraction of sp³-hybridized carbons (Fsp3) is 0.500. The van der Waals surface area contributed by atoms with Gasteiger partial charge in [-0.15, -0.1) is 13.2 Å². The monoisotopic (exact) mass is 293 g/mol. The maximum Gasteiger partial charge on any atom is 0.573 e. The Kier molecular flexibility index (Phi) is 4.34. The number of hydrogen-bond acceptors (Lipinski definition) is 3. The normalized spacial score (nSPS) is 23.9. The van der Waals surface area contributed by atoms with Gasteiger partial charge in [0.15, 0.2) is 0 Å². The summed E-state index contributed by atoms with van der Waals surface area (Å²) in [7, 11) is -0.719. The van der Waals surface area contributed by atoms with Crippen molar-refractivity contribution in [1.29, 1.82) is 0 Å². The first-order valence-corrected chi connectivity index (χ1v) is 7.38. The Hall–Kier alpha value is -1.24. The number of benzene rings is 1. The summed E-state index contributed by atoms with van der Waals surface area (Å²) in [5, 5.41) is 3.22. The molecule has 0 aliphatic carbocycles. The maximum absolute atomic E-state index is 12.0. The highest BCUT2D eigenvalue weighted by molar-refractivity contribution is 7.85. The third-order valence-corrected chi connectivity index (χ3v) is 4.23. The van der Waals surface area contributed by atoms with Crippen molar-refractivity contribution in [3.05, 3.63) is 24.3 Å². The molecule has 3 nitrogen and oxygen atoms in total. The fourth-order valence-electron chi connectivity index (χ4n) is 1.93. The summed E-state index contributed by atoms with van der Waals surface area (Å²) < 4.78 is 50.9. The van der Waals surface area contributed by atoms with E-state index in [0.29, 0.717) is 11.5 Å². The Bertz CT molecular complexity index is 437. The molecule has 2 rings (SSSR count). The van der Waals surface area contributed by atoms with Gasteiger partial charge in [-0.05, 0) is 37.1 Å². The molecule has 0 atom stereocenters. The Balaban J connectivity index is 1.90. The molecule has 0 aromatic heterocycles. The number of anilines is 1. The van der Waals surface area contributed by atoms with Crippen molar-refractivity contribution in [3.63, 3.8) is 0 Å². The average Bonchev–Trinajstić information content (AvgIpc) is 2.33. The standard InChI is InChI=1S/C12H14F3NO2S/c13-12(14,15)18-11-3-1-9(2-4-11)16-10-5-7-19(17)8-6-10/h1-4,10,16H,5-8H2. The predicted octanol–water partition coefficient (Wildman–Crippen LogP) is 2.91. The van der Waals surface area contributed by atoms with Crippen LogP contribution in [0.4, 0.5) is 18.9 Å². The molecule has 1 aromatic rings. The lowest BCUT2D eigenvalue weighted by Crippen LogP contribution is -2.29. The third kappa shape index (κ3) is 4.74. The Morgan fingerprint density at radius 2 is 1.74 bits per heavy atom. The molecule has 0 spiro atoms. The first-order valence-electron chi connectivity index (χ1n) is 5.90. The highest BCUT2D eigenvalue weighted by Crippen LogP contribution is 2.24. The number of halogens is 3. The molecule has 0 unspecified atom stereocenters. The van der Waals surface area contributed by atoms with Gasteiger partial charge in [0.2, 0.25) is 0 Å². The van der Waals surface area contributed by atoms with Crippen LogP contribution in [0.25, 0.3) is 0 Å². The van der Waals surface area contributed by atoms with Gasteiger partial charge in [-0.25, -0.2) is 0 Å². The van der Waals surface area contributed by atoms with E-state index in [2.05, 4.69) is 10.1 Å². The summed E-state index contributed by atoms with van der Waals surface area (Å²) >= 11 is 0. The number of alkyl halides is 3. The van der Waals surface area contributed by atoms with Crippen molar-refractivity contribution in [2.24, 2.45) is 0 Å². The van der Waals surface area contributed by atoms with Crippen LogP contribution in [0.15, 0.2) is 24.3 Å². The van der Waals surface area contributed by atoms with Crippen molar-refractivity contribution in [2.45, 2.75) is 25.2 Å². The largest absolute Gasteiger partial charge is 0.573 e. The quantitative estimate of drug-likeness (QED) is 0.931. The molecule has 1 heterocycles. The zero-order chi connectivity index (χ0) is 13.9. The van der Waals surface area contributed by atoms with Gasteiger partial charge in [0.05, 0.1) is 0 Å². The minimum atomic E-state index is -4.66. The van der Waals surface area contributed by atoms with E-state index in [9.17, 15) is 17.4 Å². The second-order valence-electron chi connectivity index (χ2n) is 4.34. The summed E-state index contributed by atoms with van der Waals surface area (Å²) in [6.07, 6.45) is -3.04. The summed E-state index contributed by atoms with van der Waals surface area (Å²) in [5.74, 6) is 1.11. The van der Waals surface area contributed by atoms with Gasteiger partial charge in [-0.3, -0.25) is 4.21 Å². The second kappa shape index (κ2) is 5.81. The van der Waals surface area contributed by atoms with Gasteiger partial charge in [-0.1, -0.05) is 0 Å². The van der Waals surface area contributed by atoms with Crippen molar-refractivity contribution < 1.29 is 22.1 Å². The molecule has 19 heavy (non-hydrogen) atoms. The van der Waals surface area contributed by atoms with Crippen LogP contribution in [0.5, 0.6) is 5.75 Å². The smallest absolute Gasteiger partial charge is 0.406 e. The molecule has 1 aliphatic heterocycles. The van der Waals surface area contributed by atoms with E-state index in [1.54, 1.807) is 12.1 Å². The lowest BCUT2D eigenvalue weighted by atomic mass is 10.1. The molecule has 1 aliphatic rings. The molecule has 0 bridgehead atoms. The lowest BCUT2D eigenvalue weighted by Gasteiger charge is -2.23. The van der Waals surface area contributed by atoms with E-state index in [4.69, 9.17) is 0 Å². The fourth-order valence-corrected chi connectivity index (χ4v) is 3.23. The van der Waals surface area contributed by atoms with Gasteiger partial charge < -0.3 is 10.1 Å². The summed E-state index contributed by atoms with van der Waals surface area (Å²) in [6, 6.07) is 5.87. The van der Waals surface area contributed by atoms with E-state index in [-0.39, 0.29) is 11.8 Å². The SMILES string of the molecule is O=S1CCC(Nc2ccc(OC(F)(F)F)cc2)CC1. The highest BCUT2D eigenvalue weighted by Gasteiger charge is 2.31. The number of rotatable bonds is 3. The minimum Gasteiger partial charge on any atom is -0.406 e. The van der Waals surface area contributed by atoms with Crippen LogP contribution in [0, 0.1) is 0 Å². The molecule has 0 saturated carbocycles. The highest BCUT2D eigenvalue weighted by atomic mass is 32.2. The van der Waals surface area contributed by atoms with Crippen molar-refractivity contribution in [2.75, 3.05) is 16.8 Å². The Morgan fingerprint density at radius 1 is 1.16 bits per heavy atom. The van der Waals surface area contributed by atoms with Gasteiger partial charge in [0.25, 0.3) is 0 Å². The molecule has 1 N–H and O–H groups in total. The van der Waals surface area contributed by atoms with Crippen LogP contribution < -0.4 is 10.1 Å². The molecule has 106 valence electrons. The zero-order valence-electron chi connectivity index (χ0n) is 10.1. The molecule has 1 saturated heterocycles. The van der Waals surface area contributed by atoms with E-state index >= 15 is 0 Å². The van der Waals surface area contributed by atoms with Crippen LogP contribution in [0.1, 0.15) is 12.8 Å². The number of nitrogens with one attached hydrogen (secondary N) is 1. The maximum atomic E-state index is 12.0. The van der Waals surface area contributed by atoms with Crippen LogP contribution in [-0.2, 0) is 10.8 Å². The average molecular weight is 293 g/mol. The van der Waals surface area contributed by atoms with Crippen LogP contribution >= 0.6 is 0 Å². The first kappa shape index (κ1) is 14.2. The number of ether oxygens (including phenoxy) is 1. The second-order valence-corrected chi connectivity index (χ2v) is 6.04. The van der Waals surface area contributed by atoms with Gasteiger partial charge in [0, 0.05) is 34.0 Å². The van der Waals surface area contributed by atoms with Crippen molar-refractivity contribution in [1.82, 2.24) is 0 Å². The van der Waals surface area contributed by atoms with E-state index in [0.717, 1.165) is 18.5 Å². The van der Waals surface area contributed by atoms with Gasteiger partial charge in [-0.2, -0.15) is 0 Å². The number of hydrogen-bond donors (Lipinski definition) is 1. The van der Waals surface area contributed by atoms with E-state index in [1.807, 2.05) is 0 Å². The van der Waals surface area contributed by atoms with Gasteiger partial charge >= 0.3 is 6.36 Å². The molecule has 7 heteroatoms. The lowest BCUT2D eigenvalue weighted by molar-refractivity contribution is -0.274. The van der Waals surface area contributed by atoms with Crippen LogP contribution in [0.2, 0.25) is 0 Å². The molecule has 0 radical (unpaired) electrons. The summed E-state index contributed by atoms with van der Waals surface area (Å²) in [4.78, 5) is 0. The van der Waals surface area contributed by atoms with E-state index in [1.165, 1.54) is 12.1 Å². The summed E-state index contributed by atoms with van der Waals surface area (Å²) in [5.41, 5.74) is 0.743. The minimum absolute atomic E-state index is 0.229. The van der Waals surface area contributed by atoms with Crippen LogP contribution in [0.3, 0.4) is 0 Å². The Morgan fingerprint density at radius 3 is 2.26 bits per heavy atom. The van der Waals surface area contributed by atoms with Gasteiger partial charge in [0.1, 0.15) is 5.75 Å². The molecule has 0 amide bonds. The van der Waals surface area contributed by atoms with Crippen LogP contribution in [-0.4, -0.2) is 28.1 Å². The Labute approximate surface area is 111 Å².